The fraction of sp³-hybridized carbons (Fsp3) is 0.438. The van der Waals surface area contributed by atoms with Gasteiger partial charge in [0.15, 0.2) is 0 Å². The molecule has 0 aliphatic carbocycles. The minimum absolute atomic E-state index is 0.0556. The summed E-state index contributed by atoms with van der Waals surface area (Å²) in [7, 11) is 0. The Kier molecular flexibility index (Phi) is 5.30. The second kappa shape index (κ2) is 7.20. The highest BCUT2D eigenvalue weighted by molar-refractivity contribution is 5.97. The van der Waals surface area contributed by atoms with Crippen LogP contribution in [0.2, 0.25) is 0 Å². The first kappa shape index (κ1) is 14.7. The van der Waals surface area contributed by atoms with Crippen molar-refractivity contribution in [3.63, 3.8) is 0 Å². The topological polar surface area (TPSA) is 41.1 Å². The van der Waals surface area contributed by atoms with Crippen LogP contribution >= 0.6 is 0 Å². The van der Waals surface area contributed by atoms with Crippen LogP contribution < -0.4 is 10.6 Å². The van der Waals surface area contributed by atoms with Gasteiger partial charge < -0.3 is 10.6 Å². The Morgan fingerprint density at radius 3 is 2.85 bits per heavy atom. The van der Waals surface area contributed by atoms with Crippen molar-refractivity contribution in [3.8, 4) is 0 Å². The van der Waals surface area contributed by atoms with E-state index in [2.05, 4.69) is 10.6 Å². The van der Waals surface area contributed by atoms with Gasteiger partial charge in [-0.2, -0.15) is 0 Å². The van der Waals surface area contributed by atoms with Crippen LogP contribution in [0.3, 0.4) is 0 Å². The molecule has 1 unspecified atom stereocenters. The lowest BCUT2D eigenvalue weighted by molar-refractivity contribution is -0.117. The molecule has 0 saturated carbocycles. The molecule has 0 spiro atoms. The molecule has 4 heteroatoms. The number of carbonyl (C=O) groups is 1. The molecule has 0 radical (unpaired) electrons. The average molecular weight is 276 g/mol. The largest absolute Gasteiger partial charge is 0.352 e. The van der Waals surface area contributed by atoms with E-state index < -0.39 is 0 Å². The van der Waals surface area contributed by atoms with Crippen LogP contribution in [-0.4, -0.2) is 25.5 Å². The number of halogens is 1. The van der Waals surface area contributed by atoms with Gasteiger partial charge >= 0.3 is 0 Å². The Balaban J connectivity index is 1.86. The minimum Gasteiger partial charge on any atom is -0.352 e. The van der Waals surface area contributed by atoms with Crippen LogP contribution in [0.25, 0.3) is 6.08 Å². The highest BCUT2D eigenvalue weighted by Gasteiger charge is 2.14. The van der Waals surface area contributed by atoms with Gasteiger partial charge in [0.1, 0.15) is 5.82 Å². The van der Waals surface area contributed by atoms with Crippen molar-refractivity contribution < 1.29 is 9.18 Å². The normalized spacial score (nSPS) is 19.7. The smallest absolute Gasteiger partial charge is 0.246 e. The molecule has 1 aromatic carbocycles. The molecule has 3 nitrogen and oxygen atoms in total. The first-order chi connectivity index (χ1) is 9.65. The molecule has 1 aliphatic heterocycles. The monoisotopic (exact) mass is 276 g/mol. The molecule has 1 fully saturated rings. The molecular formula is C16H21FN2O. The fourth-order valence-corrected chi connectivity index (χ4v) is 2.35. The first-order valence-electron chi connectivity index (χ1n) is 7.08. The van der Waals surface area contributed by atoms with Crippen LogP contribution in [0.15, 0.2) is 29.8 Å². The molecule has 20 heavy (non-hydrogen) atoms. The van der Waals surface area contributed by atoms with Crippen molar-refractivity contribution in [2.24, 2.45) is 5.92 Å². The summed E-state index contributed by atoms with van der Waals surface area (Å²) < 4.78 is 12.8. The number of hydrogen-bond donors (Lipinski definition) is 2. The van der Waals surface area contributed by atoms with E-state index in [1.165, 1.54) is 18.6 Å². The van der Waals surface area contributed by atoms with E-state index in [1.807, 2.05) is 0 Å². The highest BCUT2D eigenvalue weighted by atomic mass is 19.1. The second-order valence-electron chi connectivity index (χ2n) is 5.30. The predicted octanol–water partition coefficient (Wildman–Crippen LogP) is 2.34. The Morgan fingerprint density at radius 2 is 2.20 bits per heavy atom. The average Bonchev–Trinajstić information content (AvgIpc) is 2.48. The quantitative estimate of drug-likeness (QED) is 0.829. The third-order valence-electron chi connectivity index (χ3n) is 3.56. The predicted molar refractivity (Wildman–Crippen MR) is 78.7 cm³/mol. The summed E-state index contributed by atoms with van der Waals surface area (Å²) in [6, 6.07) is 6.11. The third kappa shape index (κ3) is 4.46. The van der Waals surface area contributed by atoms with Gasteiger partial charge in [-0.05, 0) is 62.5 Å². The molecule has 1 atom stereocenters. The zero-order chi connectivity index (χ0) is 14.4. The maximum absolute atomic E-state index is 12.8. The molecule has 1 heterocycles. The van der Waals surface area contributed by atoms with Crippen molar-refractivity contribution in [1.82, 2.24) is 10.6 Å². The Bertz CT molecular complexity index is 476. The molecule has 1 saturated heterocycles. The van der Waals surface area contributed by atoms with Crippen LogP contribution in [0.5, 0.6) is 0 Å². The number of carbonyl (C=O) groups excluding carboxylic acids is 1. The number of amides is 1. The fourth-order valence-electron chi connectivity index (χ4n) is 2.35. The summed E-state index contributed by atoms with van der Waals surface area (Å²) >= 11 is 0. The van der Waals surface area contributed by atoms with Crippen molar-refractivity contribution >= 4 is 12.0 Å². The van der Waals surface area contributed by atoms with Crippen LogP contribution in [-0.2, 0) is 4.79 Å². The first-order valence-corrected chi connectivity index (χ1v) is 7.08. The highest BCUT2D eigenvalue weighted by Crippen LogP contribution is 2.10. The van der Waals surface area contributed by atoms with E-state index in [4.69, 9.17) is 0 Å². The maximum atomic E-state index is 12.8. The molecule has 2 rings (SSSR count). The van der Waals surface area contributed by atoms with Crippen molar-refractivity contribution in [1.29, 1.82) is 0 Å². The number of benzene rings is 1. The molecule has 1 amide bonds. The van der Waals surface area contributed by atoms with Gasteiger partial charge in [-0.3, -0.25) is 4.79 Å². The van der Waals surface area contributed by atoms with E-state index in [0.717, 1.165) is 25.1 Å². The number of piperidine rings is 1. The van der Waals surface area contributed by atoms with Crippen molar-refractivity contribution in [2.75, 3.05) is 19.6 Å². The number of nitrogens with one attached hydrogen (secondary N) is 2. The summed E-state index contributed by atoms with van der Waals surface area (Å²) in [5.41, 5.74) is 1.47. The van der Waals surface area contributed by atoms with Crippen molar-refractivity contribution in [3.05, 3.63) is 41.2 Å². The van der Waals surface area contributed by atoms with E-state index >= 15 is 0 Å². The second-order valence-corrected chi connectivity index (χ2v) is 5.30. The Hall–Kier alpha value is -1.68. The Labute approximate surface area is 119 Å². The van der Waals surface area contributed by atoms with Gasteiger partial charge in [0.25, 0.3) is 0 Å². The summed E-state index contributed by atoms with van der Waals surface area (Å²) in [5.74, 6) is 0.195. The summed E-state index contributed by atoms with van der Waals surface area (Å²) in [6.07, 6.45) is 4.10. The van der Waals surface area contributed by atoms with Gasteiger partial charge in [0, 0.05) is 12.1 Å². The van der Waals surface area contributed by atoms with Crippen molar-refractivity contribution in [2.45, 2.75) is 19.8 Å². The molecule has 0 bridgehead atoms. The van der Waals surface area contributed by atoms with Crippen LogP contribution in [0.4, 0.5) is 4.39 Å². The summed E-state index contributed by atoms with van der Waals surface area (Å²) in [4.78, 5) is 12.0. The molecule has 2 N–H and O–H groups in total. The van der Waals surface area contributed by atoms with Gasteiger partial charge in [-0.15, -0.1) is 0 Å². The number of rotatable bonds is 4. The summed E-state index contributed by atoms with van der Waals surface area (Å²) in [5, 5.41) is 6.29. The molecular weight excluding hydrogens is 255 g/mol. The van der Waals surface area contributed by atoms with E-state index in [1.54, 1.807) is 25.1 Å². The van der Waals surface area contributed by atoms with E-state index in [0.29, 0.717) is 18.0 Å². The maximum Gasteiger partial charge on any atom is 0.246 e. The third-order valence-corrected chi connectivity index (χ3v) is 3.56. The van der Waals surface area contributed by atoms with Gasteiger partial charge in [-0.1, -0.05) is 12.1 Å². The lowest BCUT2D eigenvalue weighted by Crippen LogP contribution is -2.38. The summed E-state index contributed by atoms with van der Waals surface area (Å²) in [6.45, 7) is 4.53. The SMILES string of the molecule is CC(=Cc1ccc(F)cc1)C(=O)NCC1CCCNC1. The van der Waals surface area contributed by atoms with Crippen LogP contribution in [0.1, 0.15) is 25.3 Å². The lowest BCUT2D eigenvalue weighted by atomic mass is 9.99. The van der Waals surface area contributed by atoms with Crippen LogP contribution in [0, 0.1) is 11.7 Å². The Morgan fingerprint density at radius 1 is 1.45 bits per heavy atom. The number of hydrogen-bond acceptors (Lipinski definition) is 2. The molecule has 1 aliphatic rings. The lowest BCUT2D eigenvalue weighted by Gasteiger charge is -2.22. The van der Waals surface area contributed by atoms with E-state index in [9.17, 15) is 9.18 Å². The molecule has 1 aromatic rings. The zero-order valence-corrected chi connectivity index (χ0v) is 11.8. The van der Waals surface area contributed by atoms with E-state index in [-0.39, 0.29) is 11.7 Å². The molecule has 108 valence electrons. The zero-order valence-electron chi connectivity index (χ0n) is 11.8. The van der Waals surface area contributed by atoms with Gasteiger partial charge in [-0.25, -0.2) is 4.39 Å². The standard InChI is InChI=1S/C16H21FN2O/c1-12(9-13-4-6-15(17)7-5-13)16(20)19-11-14-3-2-8-18-10-14/h4-7,9,14,18H,2-3,8,10-11H2,1H3,(H,19,20). The van der Waals surface area contributed by atoms with Gasteiger partial charge in [0.05, 0.1) is 0 Å². The molecule has 0 aromatic heterocycles. The minimum atomic E-state index is -0.269. The van der Waals surface area contributed by atoms with Gasteiger partial charge in [0.2, 0.25) is 5.91 Å².